The molecule has 0 aliphatic carbocycles. The van der Waals surface area contributed by atoms with Gasteiger partial charge in [-0.2, -0.15) is 0 Å². The van der Waals surface area contributed by atoms with Gasteiger partial charge in [-0.25, -0.2) is 0 Å². The summed E-state index contributed by atoms with van der Waals surface area (Å²) in [6.45, 7) is 3.24. The van der Waals surface area contributed by atoms with Crippen LogP contribution in [0.5, 0.6) is 0 Å². The summed E-state index contributed by atoms with van der Waals surface area (Å²) in [5.74, 6) is -0.153. The minimum Gasteiger partial charge on any atom is -0.481 e. The first-order valence-corrected chi connectivity index (χ1v) is 9.45. The van der Waals surface area contributed by atoms with Gasteiger partial charge in [-0.1, -0.05) is 57.6 Å². The van der Waals surface area contributed by atoms with Crippen molar-refractivity contribution < 1.29 is 15.0 Å². The third kappa shape index (κ3) is 9.77. The molecule has 0 aromatic heterocycles. The number of unbranched alkanes of at least 4 members (excludes halogenated alkanes) is 5. The Bertz CT molecular complexity index is 344. The molecule has 0 radical (unpaired) electrons. The Morgan fingerprint density at radius 1 is 1.22 bits per heavy atom. The number of hydrogen-bond donors (Lipinski definition) is 3. The second-order valence-electron chi connectivity index (χ2n) is 6.81. The lowest BCUT2D eigenvalue weighted by Crippen LogP contribution is -2.26. The Labute approximate surface area is 141 Å². The number of carbonyl (C=O) groups is 1. The maximum absolute atomic E-state index is 10.5. The van der Waals surface area contributed by atoms with Crippen LogP contribution in [-0.2, 0) is 4.79 Å². The minimum absolute atomic E-state index is 0.293. The maximum atomic E-state index is 10.5. The monoisotopic (exact) mass is 325 g/mol. The molecule has 4 nitrogen and oxygen atoms in total. The van der Waals surface area contributed by atoms with Gasteiger partial charge in [0.25, 0.3) is 0 Å². The lowest BCUT2D eigenvalue weighted by Gasteiger charge is -2.17. The zero-order valence-corrected chi connectivity index (χ0v) is 14.7. The normalized spacial score (nSPS) is 22.7. The number of aliphatic hydroxyl groups is 1. The highest BCUT2D eigenvalue weighted by molar-refractivity contribution is 5.66. The fraction of sp³-hybridized carbons (Fsp3) is 0.842. The molecule has 0 aromatic carbocycles. The van der Waals surface area contributed by atoms with Crippen molar-refractivity contribution in [3.8, 4) is 0 Å². The van der Waals surface area contributed by atoms with Crippen LogP contribution in [0.4, 0.5) is 0 Å². The van der Waals surface area contributed by atoms with Crippen molar-refractivity contribution in [2.75, 3.05) is 6.54 Å². The molecule has 1 saturated heterocycles. The molecule has 0 spiro atoms. The summed E-state index contributed by atoms with van der Waals surface area (Å²) < 4.78 is 0. The van der Waals surface area contributed by atoms with Crippen LogP contribution in [0.15, 0.2) is 12.2 Å². The third-order valence-electron chi connectivity index (χ3n) is 4.74. The SMILES string of the molecule is CCCCCC(O)/C=C/C1CCNC1CCCCCCC(=O)O. The number of aliphatic carboxylic acids is 1. The lowest BCUT2D eigenvalue weighted by atomic mass is 9.94. The Balaban J connectivity index is 2.16. The van der Waals surface area contributed by atoms with Crippen molar-refractivity contribution >= 4 is 5.97 Å². The Kier molecular flexibility index (Phi) is 11.0. The van der Waals surface area contributed by atoms with Gasteiger partial charge in [0, 0.05) is 12.5 Å². The van der Waals surface area contributed by atoms with Crippen LogP contribution >= 0.6 is 0 Å². The van der Waals surface area contributed by atoms with E-state index in [2.05, 4.69) is 18.3 Å². The number of nitrogens with one attached hydrogen (secondary N) is 1. The smallest absolute Gasteiger partial charge is 0.303 e. The summed E-state index contributed by atoms with van der Waals surface area (Å²) in [5, 5.41) is 22.2. The standard InChI is InChI=1S/C19H35NO3/c1-2-3-6-9-17(21)13-12-16-14-15-20-18(16)10-7-4-5-8-11-19(22)23/h12-13,16-18,20-21H,2-11,14-15H2,1H3,(H,22,23)/b13-12+. The fourth-order valence-electron chi connectivity index (χ4n) is 3.30. The van der Waals surface area contributed by atoms with Crippen molar-refractivity contribution in [1.82, 2.24) is 5.32 Å². The van der Waals surface area contributed by atoms with Gasteiger partial charge in [0.15, 0.2) is 0 Å². The quantitative estimate of drug-likeness (QED) is 0.355. The average molecular weight is 325 g/mol. The van der Waals surface area contributed by atoms with Gasteiger partial charge < -0.3 is 15.5 Å². The van der Waals surface area contributed by atoms with Crippen molar-refractivity contribution in [1.29, 1.82) is 0 Å². The maximum Gasteiger partial charge on any atom is 0.303 e. The van der Waals surface area contributed by atoms with E-state index in [1.54, 1.807) is 0 Å². The van der Waals surface area contributed by atoms with E-state index in [4.69, 9.17) is 5.11 Å². The Hall–Kier alpha value is -0.870. The number of hydrogen-bond acceptors (Lipinski definition) is 3. The highest BCUT2D eigenvalue weighted by atomic mass is 16.4. The van der Waals surface area contributed by atoms with Crippen LogP contribution in [0, 0.1) is 5.92 Å². The zero-order valence-electron chi connectivity index (χ0n) is 14.7. The van der Waals surface area contributed by atoms with Gasteiger partial charge in [0.1, 0.15) is 0 Å². The molecule has 3 atom stereocenters. The summed E-state index contributed by atoms with van der Waals surface area (Å²) in [6, 6.07) is 0.522. The molecule has 0 aromatic rings. The second-order valence-corrected chi connectivity index (χ2v) is 6.81. The summed E-state index contributed by atoms with van der Waals surface area (Å²) in [7, 11) is 0. The van der Waals surface area contributed by atoms with Gasteiger partial charge in [-0.05, 0) is 38.1 Å². The average Bonchev–Trinajstić information content (AvgIpc) is 2.96. The van der Waals surface area contributed by atoms with Gasteiger partial charge in [-0.3, -0.25) is 4.79 Å². The topological polar surface area (TPSA) is 69.6 Å². The molecule has 134 valence electrons. The van der Waals surface area contributed by atoms with Gasteiger partial charge in [-0.15, -0.1) is 0 Å². The molecule has 3 N–H and O–H groups in total. The highest BCUT2D eigenvalue weighted by Gasteiger charge is 2.23. The molecule has 0 amide bonds. The van der Waals surface area contributed by atoms with E-state index >= 15 is 0 Å². The molecular weight excluding hydrogens is 290 g/mol. The minimum atomic E-state index is -0.690. The van der Waals surface area contributed by atoms with Crippen molar-refractivity contribution in [2.45, 2.75) is 89.7 Å². The van der Waals surface area contributed by atoms with Crippen LogP contribution in [0.2, 0.25) is 0 Å². The largest absolute Gasteiger partial charge is 0.481 e. The van der Waals surface area contributed by atoms with Crippen molar-refractivity contribution in [3.63, 3.8) is 0 Å². The number of carboxylic acid groups (broad SMARTS) is 1. The Morgan fingerprint density at radius 3 is 2.74 bits per heavy atom. The molecule has 1 rings (SSSR count). The number of rotatable bonds is 13. The summed E-state index contributed by atoms with van der Waals surface area (Å²) in [6.07, 6.45) is 14.9. The molecular formula is C19H35NO3. The summed E-state index contributed by atoms with van der Waals surface area (Å²) in [4.78, 5) is 10.5. The predicted octanol–water partition coefficient (Wildman–Crippen LogP) is 3.89. The fourth-order valence-corrected chi connectivity index (χ4v) is 3.30. The lowest BCUT2D eigenvalue weighted by molar-refractivity contribution is -0.137. The first-order chi connectivity index (χ1) is 11.1. The van der Waals surface area contributed by atoms with E-state index in [9.17, 15) is 9.90 Å². The summed E-state index contributed by atoms with van der Waals surface area (Å²) in [5.41, 5.74) is 0. The first-order valence-electron chi connectivity index (χ1n) is 9.45. The van der Waals surface area contributed by atoms with Crippen LogP contribution in [0.25, 0.3) is 0 Å². The zero-order chi connectivity index (χ0) is 16.9. The van der Waals surface area contributed by atoms with Crippen LogP contribution < -0.4 is 5.32 Å². The van der Waals surface area contributed by atoms with Gasteiger partial charge in [0.2, 0.25) is 0 Å². The van der Waals surface area contributed by atoms with Gasteiger partial charge >= 0.3 is 5.97 Å². The predicted molar refractivity (Wildman–Crippen MR) is 94.5 cm³/mol. The second kappa shape index (κ2) is 12.5. The number of carboxylic acids is 1. The Morgan fingerprint density at radius 2 is 2.00 bits per heavy atom. The molecule has 1 aliphatic rings. The molecule has 23 heavy (non-hydrogen) atoms. The van der Waals surface area contributed by atoms with E-state index in [0.29, 0.717) is 18.4 Å². The first kappa shape index (κ1) is 20.2. The van der Waals surface area contributed by atoms with Crippen LogP contribution in [0.3, 0.4) is 0 Å². The highest BCUT2D eigenvalue weighted by Crippen LogP contribution is 2.22. The van der Waals surface area contributed by atoms with Crippen molar-refractivity contribution in [2.24, 2.45) is 5.92 Å². The van der Waals surface area contributed by atoms with Gasteiger partial charge in [0.05, 0.1) is 6.10 Å². The van der Waals surface area contributed by atoms with E-state index in [0.717, 1.165) is 57.9 Å². The van der Waals surface area contributed by atoms with E-state index in [1.165, 1.54) is 12.8 Å². The summed E-state index contributed by atoms with van der Waals surface area (Å²) >= 11 is 0. The molecule has 1 aliphatic heterocycles. The van der Waals surface area contributed by atoms with Crippen LogP contribution in [-0.4, -0.2) is 34.9 Å². The molecule has 0 bridgehead atoms. The molecule has 1 fully saturated rings. The van der Waals surface area contributed by atoms with E-state index < -0.39 is 5.97 Å². The number of aliphatic hydroxyl groups excluding tert-OH is 1. The third-order valence-corrected chi connectivity index (χ3v) is 4.74. The molecule has 0 saturated carbocycles. The molecule has 4 heteroatoms. The molecule has 1 heterocycles. The van der Waals surface area contributed by atoms with Crippen molar-refractivity contribution in [3.05, 3.63) is 12.2 Å². The van der Waals surface area contributed by atoms with E-state index in [1.807, 2.05) is 6.08 Å². The van der Waals surface area contributed by atoms with E-state index in [-0.39, 0.29) is 6.10 Å². The molecule has 3 unspecified atom stereocenters. The van der Waals surface area contributed by atoms with Crippen LogP contribution in [0.1, 0.15) is 77.6 Å².